The molecule has 110 valence electrons. The number of ether oxygens (including phenoxy) is 1. The van der Waals surface area contributed by atoms with Gasteiger partial charge in [0.2, 0.25) is 0 Å². The highest BCUT2D eigenvalue weighted by Gasteiger charge is 2.25. The van der Waals surface area contributed by atoms with Crippen molar-refractivity contribution in [3.05, 3.63) is 71.3 Å². The van der Waals surface area contributed by atoms with Gasteiger partial charge >= 0.3 is 5.97 Å². The highest BCUT2D eigenvalue weighted by molar-refractivity contribution is 5.77. The number of methoxy groups -OCH3 is 1. The first-order valence-electron chi connectivity index (χ1n) is 6.42. The third-order valence-electron chi connectivity index (χ3n) is 3.08. The van der Waals surface area contributed by atoms with Crippen LogP contribution in [-0.2, 0) is 16.1 Å². The number of carbonyl (C=O) groups excluding carboxylic acids is 1. The van der Waals surface area contributed by atoms with E-state index >= 15 is 0 Å². The molecule has 21 heavy (non-hydrogen) atoms. The van der Waals surface area contributed by atoms with Crippen molar-refractivity contribution in [1.82, 2.24) is 5.32 Å². The Morgan fingerprint density at radius 1 is 1.14 bits per heavy atom. The Kier molecular flexibility index (Phi) is 5.00. The van der Waals surface area contributed by atoms with E-state index in [4.69, 9.17) is 0 Å². The number of esters is 1. The molecule has 2 aromatic rings. The van der Waals surface area contributed by atoms with E-state index in [2.05, 4.69) is 10.1 Å². The Morgan fingerprint density at radius 3 is 2.52 bits per heavy atom. The summed E-state index contributed by atoms with van der Waals surface area (Å²) in [6.45, 7) is 0.330. The molecule has 2 rings (SSSR count). The maximum absolute atomic E-state index is 13.9. The number of nitrogens with one attached hydrogen (secondary N) is 1. The quantitative estimate of drug-likeness (QED) is 0.861. The highest BCUT2D eigenvalue weighted by atomic mass is 19.2. The second-order valence-corrected chi connectivity index (χ2v) is 4.47. The lowest BCUT2D eigenvalue weighted by atomic mass is 10.1. The SMILES string of the molecule is COC(=O)C(NCc1ccccc1)c1cccc(F)c1F. The van der Waals surface area contributed by atoms with Crippen LogP contribution in [0, 0.1) is 11.6 Å². The van der Waals surface area contributed by atoms with Crippen LogP contribution in [0.3, 0.4) is 0 Å². The van der Waals surface area contributed by atoms with E-state index in [0.717, 1.165) is 11.6 Å². The second kappa shape index (κ2) is 6.95. The molecule has 0 aliphatic carbocycles. The fraction of sp³-hybridized carbons (Fsp3) is 0.188. The van der Waals surface area contributed by atoms with E-state index in [1.807, 2.05) is 30.3 Å². The molecule has 2 aromatic carbocycles. The van der Waals surface area contributed by atoms with Crippen LogP contribution in [0.4, 0.5) is 8.78 Å². The van der Waals surface area contributed by atoms with Crippen LogP contribution in [0.1, 0.15) is 17.2 Å². The van der Waals surface area contributed by atoms with Crippen molar-refractivity contribution >= 4 is 5.97 Å². The number of carbonyl (C=O) groups is 1. The van der Waals surface area contributed by atoms with E-state index in [-0.39, 0.29) is 5.56 Å². The summed E-state index contributed by atoms with van der Waals surface area (Å²) in [4.78, 5) is 11.8. The zero-order valence-corrected chi connectivity index (χ0v) is 11.5. The zero-order valence-electron chi connectivity index (χ0n) is 11.5. The van der Waals surface area contributed by atoms with Gasteiger partial charge in [0.1, 0.15) is 6.04 Å². The van der Waals surface area contributed by atoms with Crippen LogP contribution in [0.2, 0.25) is 0 Å². The molecule has 0 heterocycles. The third kappa shape index (κ3) is 3.64. The molecule has 0 saturated heterocycles. The monoisotopic (exact) mass is 291 g/mol. The van der Waals surface area contributed by atoms with Crippen LogP contribution in [0.5, 0.6) is 0 Å². The summed E-state index contributed by atoms with van der Waals surface area (Å²) in [5.41, 5.74) is 0.848. The average Bonchev–Trinajstić information content (AvgIpc) is 2.52. The predicted octanol–water partition coefficient (Wildman–Crippen LogP) is 2.97. The minimum Gasteiger partial charge on any atom is -0.468 e. The molecule has 0 fully saturated rings. The molecule has 0 bridgehead atoms. The molecule has 0 amide bonds. The second-order valence-electron chi connectivity index (χ2n) is 4.47. The Hall–Kier alpha value is -2.27. The Labute approximate surface area is 121 Å². The van der Waals surface area contributed by atoms with Gasteiger partial charge in [0.15, 0.2) is 11.6 Å². The molecule has 1 atom stereocenters. The van der Waals surface area contributed by atoms with Gasteiger partial charge in [-0.1, -0.05) is 42.5 Å². The molecular formula is C16H15F2NO2. The molecule has 0 aliphatic rings. The molecule has 5 heteroatoms. The van der Waals surface area contributed by atoms with Crippen molar-refractivity contribution < 1.29 is 18.3 Å². The normalized spacial score (nSPS) is 12.0. The van der Waals surface area contributed by atoms with Crippen molar-refractivity contribution in [1.29, 1.82) is 0 Å². The summed E-state index contributed by atoms with van der Waals surface area (Å²) >= 11 is 0. The fourth-order valence-electron chi connectivity index (χ4n) is 2.00. The van der Waals surface area contributed by atoms with Gasteiger partial charge < -0.3 is 4.74 Å². The molecule has 0 saturated carbocycles. The molecule has 0 aromatic heterocycles. The summed E-state index contributed by atoms with van der Waals surface area (Å²) in [6, 6.07) is 12.0. The summed E-state index contributed by atoms with van der Waals surface area (Å²) in [5, 5.41) is 2.89. The van der Waals surface area contributed by atoms with Crippen LogP contribution >= 0.6 is 0 Å². The van der Waals surface area contributed by atoms with Crippen molar-refractivity contribution in [3.63, 3.8) is 0 Å². The lowest BCUT2D eigenvalue weighted by Crippen LogP contribution is -2.30. The van der Waals surface area contributed by atoms with E-state index in [1.165, 1.54) is 19.2 Å². The van der Waals surface area contributed by atoms with Gasteiger partial charge in [-0.25, -0.2) is 13.6 Å². The first-order chi connectivity index (χ1) is 10.1. The summed E-state index contributed by atoms with van der Waals surface area (Å²) < 4.78 is 31.8. The fourth-order valence-corrected chi connectivity index (χ4v) is 2.00. The van der Waals surface area contributed by atoms with Gasteiger partial charge in [0.25, 0.3) is 0 Å². The minimum atomic E-state index is -1.06. The van der Waals surface area contributed by atoms with Gasteiger partial charge in [-0.05, 0) is 11.6 Å². The van der Waals surface area contributed by atoms with Crippen LogP contribution in [0.15, 0.2) is 48.5 Å². The largest absolute Gasteiger partial charge is 0.468 e. The van der Waals surface area contributed by atoms with Gasteiger partial charge in [-0.2, -0.15) is 0 Å². The maximum Gasteiger partial charge on any atom is 0.327 e. The van der Waals surface area contributed by atoms with Gasteiger partial charge in [-0.3, -0.25) is 5.32 Å². The number of halogens is 2. The summed E-state index contributed by atoms with van der Waals surface area (Å²) in [7, 11) is 1.21. The predicted molar refractivity (Wildman–Crippen MR) is 74.4 cm³/mol. The number of hydrogen-bond donors (Lipinski definition) is 1. The Morgan fingerprint density at radius 2 is 1.86 bits per heavy atom. The molecule has 0 aliphatic heterocycles. The first-order valence-corrected chi connectivity index (χ1v) is 6.42. The first kappa shape index (κ1) is 15.1. The zero-order chi connectivity index (χ0) is 15.2. The van der Waals surface area contributed by atoms with E-state index in [0.29, 0.717) is 6.54 Å². The summed E-state index contributed by atoms with van der Waals surface area (Å²) in [6.07, 6.45) is 0. The van der Waals surface area contributed by atoms with Gasteiger partial charge in [0.05, 0.1) is 7.11 Å². The van der Waals surface area contributed by atoms with E-state index in [9.17, 15) is 13.6 Å². The van der Waals surface area contributed by atoms with Crippen molar-refractivity contribution in [2.75, 3.05) is 7.11 Å². The van der Waals surface area contributed by atoms with Crippen molar-refractivity contribution in [2.45, 2.75) is 12.6 Å². The van der Waals surface area contributed by atoms with Crippen molar-refractivity contribution in [2.24, 2.45) is 0 Å². The number of benzene rings is 2. The number of rotatable bonds is 5. The van der Waals surface area contributed by atoms with Crippen LogP contribution in [-0.4, -0.2) is 13.1 Å². The smallest absolute Gasteiger partial charge is 0.327 e. The molecule has 1 N–H and O–H groups in total. The highest BCUT2D eigenvalue weighted by Crippen LogP contribution is 2.21. The van der Waals surface area contributed by atoms with E-state index in [1.54, 1.807) is 0 Å². The number of hydrogen-bond acceptors (Lipinski definition) is 3. The Balaban J connectivity index is 2.23. The molecule has 0 spiro atoms. The van der Waals surface area contributed by atoms with Crippen LogP contribution in [0.25, 0.3) is 0 Å². The standard InChI is InChI=1S/C16H15F2NO2/c1-21-16(20)15(12-8-5-9-13(17)14(12)18)19-10-11-6-3-2-4-7-11/h2-9,15,19H,10H2,1H3. The molecule has 1 unspecified atom stereocenters. The average molecular weight is 291 g/mol. The Bertz CT molecular complexity index is 617. The van der Waals surface area contributed by atoms with E-state index < -0.39 is 23.6 Å². The molecular weight excluding hydrogens is 276 g/mol. The third-order valence-corrected chi connectivity index (χ3v) is 3.08. The lowest BCUT2D eigenvalue weighted by Gasteiger charge is -2.17. The summed E-state index contributed by atoms with van der Waals surface area (Å²) in [5.74, 6) is -2.72. The van der Waals surface area contributed by atoms with Crippen LogP contribution < -0.4 is 5.32 Å². The van der Waals surface area contributed by atoms with Crippen molar-refractivity contribution in [3.8, 4) is 0 Å². The topological polar surface area (TPSA) is 38.3 Å². The lowest BCUT2D eigenvalue weighted by molar-refractivity contribution is -0.143. The maximum atomic E-state index is 13.9. The van der Waals surface area contributed by atoms with Gasteiger partial charge in [0, 0.05) is 12.1 Å². The van der Waals surface area contributed by atoms with Gasteiger partial charge in [-0.15, -0.1) is 0 Å². The molecule has 3 nitrogen and oxygen atoms in total. The molecule has 0 radical (unpaired) electrons. The minimum absolute atomic E-state index is 0.0715.